The minimum Gasteiger partial charge on any atom is -0.458 e. The maximum atomic E-state index is 15.3. The van der Waals surface area contributed by atoms with Crippen LogP contribution >= 0.6 is 11.3 Å². The minimum absolute atomic E-state index is 0.192. The number of nitrogens with zero attached hydrogens (tertiary/aromatic N) is 2. The molecule has 0 radical (unpaired) electrons. The first-order valence-electron chi connectivity index (χ1n) is 20.3. The Morgan fingerprint density at radius 2 is 1.78 bits per heavy atom. The highest BCUT2D eigenvalue weighted by Gasteiger charge is 2.57. The van der Waals surface area contributed by atoms with Crippen molar-refractivity contribution in [2.24, 2.45) is 23.7 Å². The topological polar surface area (TPSA) is 189 Å². The van der Waals surface area contributed by atoms with Gasteiger partial charge in [-0.2, -0.15) is 0 Å². The number of halogens is 1. The predicted octanol–water partition coefficient (Wildman–Crippen LogP) is 6.12. The highest BCUT2D eigenvalue weighted by atomic mass is 32.1. The van der Waals surface area contributed by atoms with Gasteiger partial charge in [0.2, 0.25) is 0 Å². The van der Waals surface area contributed by atoms with Gasteiger partial charge in [0.25, 0.3) is 0 Å². The number of pyridine rings is 1. The average Bonchev–Trinajstić information content (AvgIpc) is 3.80. The van der Waals surface area contributed by atoms with Crippen molar-refractivity contribution in [2.75, 3.05) is 20.7 Å². The molecule has 0 aliphatic carbocycles. The molecule has 15 nitrogen and oxygen atoms in total. The molecule has 3 aliphatic heterocycles. The molecule has 5 rings (SSSR count). The molecule has 2 aromatic heterocycles. The lowest BCUT2D eigenvalue weighted by Gasteiger charge is -2.46. The van der Waals surface area contributed by atoms with Gasteiger partial charge in [-0.05, 0) is 91.4 Å². The van der Waals surface area contributed by atoms with Crippen LogP contribution in [-0.4, -0.2) is 119 Å². The fraction of sp³-hybridized carbons (Fsp3) is 0.628. The number of likely N-dealkylation sites (N-methyl/N-ethyl adjacent to an activating group) is 1. The van der Waals surface area contributed by atoms with Crippen LogP contribution in [0.3, 0.4) is 0 Å². The maximum Gasteiger partial charge on any atom is 0.509 e. The quantitative estimate of drug-likeness (QED) is 0.167. The number of hydrogen-bond acceptors (Lipinski definition) is 15. The molecule has 17 heteroatoms. The third-order valence-electron chi connectivity index (χ3n) is 11.9. The summed E-state index contributed by atoms with van der Waals surface area (Å²) < 4.78 is 50.9. The van der Waals surface area contributed by atoms with Gasteiger partial charge in [-0.1, -0.05) is 33.8 Å². The van der Waals surface area contributed by atoms with Crippen LogP contribution in [0.2, 0.25) is 0 Å². The first-order valence-corrected chi connectivity index (χ1v) is 21.2. The van der Waals surface area contributed by atoms with E-state index in [1.54, 1.807) is 73.1 Å². The number of ketones is 2. The Bertz CT molecular complexity index is 1910. The number of nitrogens with one attached hydrogen (secondary N) is 1. The van der Waals surface area contributed by atoms with E-state index in [4.69, 9.17) is 28.4 Å². The van der Waals surface area contributed by atoms with Crippen LogP contribution in [0.1, 0.15) is 79.5 Å². The third-order valence-corrected chi connectivity index (χ3v) is 13.0. The highest BCUT2D eigenvalue weighted by Crippen LogP contribution is 2.41. The molecule has 1 amide bonds. The molecule has 3 aliphatic rings. The van der Waals surface area contributed by atoms with E-state index >= 15 is 4.39 Å². The van der Waals surface area contributed by atoms with E-state index in [0.717, 1.165) is 10.6 Å². The number of rotatable bonds is 9. The Balaban J connectivity index is 1.51. The predicted molar refractivity (Wildman–Crippen MR) is 218 cm³/mol. The van der Waals surface area contributed by atoms with Gasteiger partial charge in [0.15, 0.2) is 17.7 Å². The molecule has 0 spiro atoms. The van der Waals surface area contributed by atoms with Gasteiger partial charge in [-0.3, -0.25) is 19.4 Å². The summed E-state index contributed by atoms with van der Waals surface area (Å²) in [4.78, 5) is 76.5. The molecule has 0 unspecified atom stereocenters. The Hall–Kier alpha value is -4.29. The summed E-state index contributed by atoms with van der Waals surface area (Å²) in [6.07, 6.45) is -4.43. The van der Waals surface area contributed by atoms with E-state index in [1.165, 1.54) is 38.2 Å². The monoisotopic (exact) mass is 859 g/mol. The van der Waals surface area contributed by atoms with E-state index < -0.39 is 114 Å². The van der Waals surface area contributed by atoms with Crippen molar-refractivity contribution in [1.82, 2.24) is 15.2 Å². The number of thiophene rings is 1. The molecular weight excluding hydrogens is 802 g/mol. The number of aliphatic hydroxyl groups excluding tert-OH is 1. The maximum absolute atomic E-state index is 15.3. The number of aromatic nitrogens is 1. The number of fused-ring (bicyclic) bond motifs is 1. The summed E-state index contributed by atoms with van der Waals surface area (Å²) >= 11 is 1.29. The van der Waals surface area contributed by atoms with Crippen LogP contribution in [0.15, 0.2) is 42.4 Å². The second-order valence-electron chi connectivity index (χ2n) is 16.8. The number of ether oxygens (including phenoxy) is 6. The number of esters is 1. The zero-order valence-electron chi connectivity index (χ0n) is 35.8. The summed E-state index contributed by atoms with van der Waals surface area (Å²) in [5.74, 6) is -7.29. The summed E-state index contributed by atoms with van der Waals surface area (Å²) in [7, 11) is 3.58. The summed E-state index contributed by atoms with van der Waals surface area (Å²) in [5.41, 5.74) is -2.70. The van der Waals surface area contributed by atoms with Crippen molar-refractivity contribution in [2.45, 2.75) is 129 Å². The Morgan fingerprint density at radius 3 is 2.43 bits per heavy atom. The summed E-state index contributed by atoms with van der Waals surface area (Å²) in [6.45, 7) is 11.8. The Morgan fingerprint density at radius 1 is 1.07 bits per heavy atom. The minimum atomic E-state index is -1.93. The van der Waals surface area contributed by atoms with E-state index in [-0.39, 0.29) is 18.6 Å². The zero-order valence-corrected chi connectivity index (χ0v) is 36.7. The number of carbonyl (C=O) groups is 5. The first kappa shape index (κ1) is 46.8. The van der Waals surface area contributed by atoms with Crippen LogP contribution < -0.4 is 5.32 Å². The Kier molecular flexibility index (Phi) is 15.0. The van der Waals surface area contributed by atoms with Crippen LogP contribution in [-0.2, 0) is 42.8 Å². The number of carbonyl (C=O) groups excluding carboxylic acids is 5. The van der Waals surface area contributed by atoms with Crippen molar-refractivity contribution in [3.63, 3.8) is 0 Å². The molecule has 60 heavy (non-hydrogen) atoms. The van der Waals surface area contributed by atoms with Gasteiger partial charge in [0.05, 0.1) is 22.7 Å². The number of cyclic esters (lactones) is 1. The second kappa shape index (κ2) is 19.2. The molecule has 2 aromatic rings. The van der Waals surface area contributed by atoms with Gasteiger partial charge in [-0.15, -0.1) is 11.3 Å². The molecule has 0 saturated carbocycles. The molecular formula is C43H58FN3O12S. The Labute approximate surface area is 354 Å². The SMILES string of the molecule is CC[C@H]1OC(=O)[C@H](C)C(=O)[C@H](C)[C@@H](O[C@@H]2O[C@H](C)C[C@H](N(C)C)[C@H]2O)[C@](C)(OC(=O)OCC(F)=Cc2ccc(-c3ccccn3)s2)C[C@@H](C)C(=O)[C@H](C)[C@H]2NC(=O)O[C@@]21C. The third kappa shape index (κ3) is 10.2. The van der Waals surface area contributed by atoms with E-state index in [1.807, 2.05) is 17.0 Å². The van der Waals surface area contributed by atoms with E-state index in [9.17, 15) is 29.1 Å². The summed E-state index contributed by atoms with van der Waals surface area (Å²) in [5, 5.41) is 14.3. The van der Waals surface area contributed by atoms with Crippen LogP contribution in [0.4, 0.5) is 14.0 Å². The normalized spacial score (nSPS) is 35.8. The molecule has 330 valence electrons. The fourth-order valence-electron chi connectivity index (χ4n) is 8.71. The first-order chi connectivity index (χ1) is 28.2. The standard InChI is InChI=1S/C43H58FN3O12S/c1-11-32-43(8)36(46-40(52)58-43)24(4)33(48)22(2)20-42(7,59-41(53)54-21-27(44)19-28-15-16-31(60-28)29-14-12-13-17-45-29)37(25(5)34(49)26(6)38(51)56-32)57-39-35(50)30(47(9)10)18-23(3)55-39/h12-17,19,22-26,30,32,35-37,39,50H,11,18,20-21H2,1-10H3,(H,46,52)/t22-,23-,24+,25+,26-,30+,32-,35-,36-,37-,39+,42-,43-/m1/s1. The van der Waals surface area contributed by atoms with Gasteiger partial charge in [-0.25, -0.2) is 14.0 Å². The zero-order chi connectivity index (χ0) is 44.3. The van der Waals surface area contributed by atoms with Crippen LogP contribution in [0, 0.1) is 23.7 Å². The van der Waals surface area contributed by atoms with Gasteiger partial charge in [0, 0.05) is 34.9 Å². The summed E-state index contributed by atoms with van der Waals surface area (Å²) in [6, 6.07) is 7.57. The highest BCUT2D eigenvalue weighted by molar-refractivity contribution is 7.16. The van der Waals surface area contributed by atoms with Crippen LogP contribution in [0.5, 0.6) is 0 Å². The van der Waals surface area contributed by atoms with Crippen molar-refractivity contribution in [3.8, 4) is 10.6 Å². The molecule has 3 fully saturated rings. The molecule has 3 saturated heterocycles. The van der Waals surface area contributed by atoms with Crippen LogP contribution in [0.25, 0.3) is 16.6 Å². The lowest BCUT2D eigenvalue weighted by molar-refractivity contribution is -0.293. The lowest BCUT2D eigenvalue weighted by atomic mass is 9.73. The molecule has 0 aromatic carbocycles. The van der Waals surface area contributed by atoms with Crippen molar-refractivity contribution >= 4 is 47.2 Å². The second-order valence-corrected chi connectivity index (χ2v) is 17.9. The van der Waals surface area contributed by atoms with Crippen molar-refractivity contribution in [1.29, 1.82) is 0 Å². The van der Waals surface area contributed by atoms with Crippen molar-refractivity contribution < 1.29 is 61.9 Å². The average molecular weight is 860 g/mol. The van der Waals surface area contributed by atoms with Gasteiger partial charge >= 0.3 is 18.2 Å². The van der Waals surface area contributed by atoms with Gasteiger partial charge in [0.1, 0.15) is 48.0 Å². The number of aliphatic hydroxyl groups is 1. The number of Topliss-reactive ketones (excluding diaryl/α,β-unsaturated/α-hetero) is 2. The van der Waals surface area contributed by atoms with E-state index in [0.29, 0.717) is 11.3 Å². The molecule has 13 atom stereocenters. The fourth-order valence-corrected chi connectivity index (χ4v) is 9.64. The number of alkyl carbamates (subject to hydrolysis) is 1. The largest absolute Gasteiger partial charge is 0.509 e. The molecule has 5 heterocycles. The number of amides is 1. The lowest BCUT2D eigenvalue weighted by Crippen LogP contribution is -2.60. The van der Waals surface area contributed by atoms with E-state index in [2.05, 4.69) is 10.3 Å². The smallest absolute Gasteiger partial charge is 0.458 e. The van der Waals surface area contributed by atoms with Gasteiger partial charge < -0.3 is 43.7 Å². The van der Waals surface area contributed by atoms with Crippen molar-refractivity contribution in [3.05, 3.63) is 47.2 Å². The molecule has 2 N–H and O–H groups in total. The molecule has 0 bridgehead atoms. The number of hydrogen-bond donors (Lipinski definition) is 2.